The predicted molar refractivity (Wildman–Crippen MR) is 73.0 cm³/mol. The van der Waals surface area contributed by atoms with E-state index in [4.69, 9.17) is 0 Å². The molecule has 5 heteroatoms. The molecule has 0 saturated carbocycles. The Morgan fingerprint density at radius 2 is 2.11 bits per heavy atom. The van der Waals surface area contributed by atoms with Gasteiger partial charge in [0.1, 0.15) is 5.82 Å². The second-order valence-electron chi connectivity index (χ2n) is 4.53. The highest BCUT2D eigenvalue weighted by Gasteiger charge is 2.24. The van der Waals surface area contributed by atoms with E-state index in [0.29, 0.717) is 4.47 Å². The molecule has 1 N–H and O–H groups in total. The van der Waals surface area contributed by atoms with Crippen molar-refractivity contribution in [1.29, 1.82) is 0 Å². The van der Waals surface area contributed by atoms with E-state index >= 15 is 0 Å². The van der Waals surface area contributed by atoms with Crippen LogP contribution in [-0.4, -0.2) is 29.9 Å². The number of likely N-dealkylation sites (tertiary alicyclic amines) is 1. The summed E-state index contributed by atoms with van der Waals surface area (Å²) in [5.74, 6) is -0.579. The van der Waals surface area contributed by atoms with E-state index < -0.39 is 5.82 Å². The molecule has 1 aliphatic rings. The van der Waals surface area contributed by atoms with Gasteiger partial charge in [0, 0.05) is 4.47 Å². The molecule has 0 spiro atoms. The molecule has 1 aromatic rings. The van der Waals surface area contributed by atoms with Crippen molar-refractivity contribution in [2.75, 3.05) is 18.4 Å². The number of halogens is 2. The van der Waals surface area contributed by atoms with Gasteiger partial charge in [-0.15, -0.1) is 0 Å². The average Bonchev–Trinajstić information content (AvgIpc) is 2.85. The van der Waals surface area contributed by atoms with Crippen LogP contribution in [0.25, 0.3) is 0 Å². The number of nitrogens with zero attached hydrogens (tertiary/aromatic N) is 1. The molecule has 1 aliphatic heterocycles. The second kappa shape index (κ2) is 5.80. The molecule has 3 nitrogen and oxygen atoms in total. The van der Waals surface area contributed by atoms with Crippen LogP contribution >= 0.6 is 15.9 Å². The van der Waals surface area contributed by atoms with Crippen LogP contribution in [0.5, 0.6) is 0 Å². The van der Waals surface area contributed by atoms with Crippen LogP contribution < -0.4 is 5.32 Å². The summed E-state index contributed by atoms with van der Waals surface area (Å²) in [4.78, 5) is 14.1. The highest BCUT2D eigenvalue weighted by molar-refractivity contribution is 9.10. The van der Waals surface area contributed by atoms with Crippen molar-refractivity contribution < 1.29 is 9.18 Å². The van der Waals surface area contributed by atoms with Crippen LogP contribution in [0.15, 0.2) is 22.7 Å². The van der Waals surface area contributed by atoms with Gasteiger partial charge in [0.05, 0.1) is 11.7 Å². The van der Waals surface area contributed by atoms with Crippen molar-refractivity contribution >= 4 is 27.5 Å². The van der Waals surface area contributed by atoms with Gasteiger partial charge >= 0.3 is 0 Å². The van der Waals surface area contributed by atoms with E-state index in [0.717, 1.165) is 25.9 Å². The van der Waals surface area contributed by atoms with E-state index in [2.05, 4.69) is 26.1 Å². The van der Waals surface area contributed by atoms with Crippen molar-refractivity contribution in [3.63, 3.8) is 0 Å². The molecule has 18 heavy (non-hydrogen) atoms. The first-order chi connectivity index (χ1) is 8.58. The van der Waals surface area contributed by atoms with Gasteiger partial charge < -0.3 is 5.32 Å². The molecule has 0 aromatic heterocycles. The lowest BCUT2D eigenvalue weighted by atomic mass is 10.2. The standard InChI is InChI=1S/C13H16BrFN2O/c1-9(17-6-2-3-7-17)13(18)16-12-5-4-10(14)8-11(12)15/h4-5,8-9H,2-3,6-7H2,1H3,(H,16,18)/t9-/m0/s1. The van der Waals surface area contributed by atoms with Gasteiger partial charge in [0.25, 0.3) is 0 Å². The number of carbonyl (C=O) groups excluding carboxylic acids is 1. The van der Waals surface area contributed by atoms with Crippen LogP contribution in [0, 0.1) is 5.82 Å². The molecule has 1 aromatic carbocycles. The Balaban J connectivity index is 2.01. The second-order valence-corrected chi connectivity index (χ2v) is 5.45. The lowest BCUT2D eigenvalue weighted by Gasteiger charge is -2.22. The number of hydrogen-bond acceptors (Lipinski definition) is 2. The Bertz CT molecular complexity index is 447. The predicted octanol–water partition coefficient (Wildman–Crippen LogP) is 3.01. The van der Waals surface area contributed by atoms with E-state index in [-0.39, 0.29) is 17.6 Å². The molecule has 1 saturated heterocycles. The molecule has 0 radical (unpaired) electrons. The van der Waals surface area contributed by atoms with Crippen LogP contribution in [-0.2, 0) is 4.79 Å². The van der Waals surface area contributed by atoms with Gasteiger partial charge in [0.2, 0.25) is 5.91 Å². The van der Waals surface area contributed by atoms with E-state index in [9.17, 15) is 9.18 Å². The number of carbonyl (C=O) groups is 1. The summed E-state index contributed by atoms with van der Waals surface area (Å²) in [7, 11) is 0. The number of hydrogen-bond donors (Lipinski definition) is 1. The minimum atomic E-state index is -0.425. The largest absolute Gasteiger partial charge is 0.322 e. The van der Waals surface area contributed by atoms with Crippen LogP contribution in [0.2, 0.25) is 0 Å². The molecule has 98 valence electrons. The zero-order valence-electron chi connectivity index (χ0n) is 10.2. The SMILES string of the molecule is C[C@@H](C(=O)Nc1ccc(Br)cc1F)N1CCCC1. The lowest BCUT2D eigenvalue weighted by molar-refractivity contribution is -0.120. The van der Waals surface area contributed by atoms with E-state index in [1.165, 1.54) is 6.07 Å². The zero-order valence-corrected chi connectivity index (χ0v) is 11.8. The smallest absolute Gasteiger partial charge is 0.241 e. The summed E-state index contributed by atoms with van der Waals surface area (Å²) < 4.78 is 14.3. The van der Waals surface area contributed by atoms with Gasteiger partial charge in [-0.2, -0.15) is 0 Å². The first-order valence-electron chi connectivity index (χ1n) is 6.08. The highest BCUT2D eigenvalue weighted by Crippen LogP contribution is 2.20. The Morgan fingerprint density at radius 1 is 1.44 bits per heavy atom. The quantitative estimate of drug-likeness (QED) is 0.930. The van der Waals surface area contributed by atoms with Gasteiger partial charge in [-0.05, 0) is 51.1 Å². The van der Waals surface area contributed by atoms with Gasteiger partial charge in [-0.3, -0.25) is 9.69 Å². The third-order valence-electron chi connectivity index (χ3n) is 3.26. The van der Waals surface area contributed by atoms with Crippen molar-refractivity contribution in [2.45, 2.75) is 25.8 Å². The molecule has 0 aliphatic carbocycles. The minimum absolute atomic E-state index is 0.155. The average molecular weight is 315 g/mol. The normalized spacial score (nSPS) is 17.7. The summed E-state index contributed by atoms with van der Waals surface area (Å²) in [6.45, 7) is 3.74. The molecule has 0 unspecified atom stereocenters. The lowest BCUT2D eigenvalue weighted by Crippen LogP contribution is -2.40. The number of anilines is 1. The summed E-state index contributed by atoms with van der Waals surface area (Å²) in [5, 5.41) is 2.64. The highest BCUT2D eigenvalue weighted by atomic mass is 79.9. The number of amides is 1. The Labute approximate surface area is 114 Å². The van der Waals surface area contributed by atoms with Gasteiger partial charge in [-0.1, -0.05) is 15.9 Å². The number of rotatable bonds is 3. The number of benzene rings is 1. The summed E-state index contributed by atoms with van der Waals surface area (Å²) >= 11 is 3.18. The monoisotopic (exact) mass is 314 g/mol. The van der Waals surface area contributed by atoms with Crippen molar-refractivity contribution in [3.05, 3.63) is 28.5 Å². The summed E-state index contributed by atoms with van der Waals surface area (Å²) in [5.41, 5.74) is 0.231. The molecule has 1 atom stereocenters. The molecule has 0 bridgehead atoms. The number of nitrogens with one attached hydrogen (secondary N) is 1. The van der Waals surface area contributed by atoms with Gasteiger partial charge in [0.15, 0.2) is 0 Å². The molecular formula is C13H16BrFN2O. The Morgan fingerprint density at radius 3 is 2.72 bits per heavy atom. The van der Waals surface area contributed by atoms with Crippen LogP contribution in [0.4, 0.5) is 10.1 Å². The minimum Gasteiger partial charge on any atom is -0.322 e. The first-order valence-corrected chi connectivity index (χ1v) is 6.87. The van der Waals surface area contributed by atoms with Gasteiger partial charge in [-0.25, -0.2) is 4.39 Å². The molecular weight excluding hydrogens is 299 g/mol. The maximum absolute atomic E-state index is 13.6. The topological polar surface area (TPSA) is 32.3 Å². The maximum Gasteiger partial charge on any atom is 0.241 e. The Hall–Kier alpha value is -0.940. The Kier molecular flexibility index (Phi) is 4.35. The summed E-state index contributed by atoms with van der Waals surface area (Å²) in [6, 6.07) is 4.40. The maximum atomic E-state index is 13.6. The van der Waals surface area contributed by atoms with E-state index in [1.807, 2.05) is 6.92 Å². The van der Waals surface area contributed by atoms with Crippen molar-refractivity contribution in [3.8, 4) is 0 Å². The molecule has 1 heterocycles. The van der Waals surface area contributed by atoms with Crippen molar-refractivity contribution in [2.24, 2.45) is 0 Å². The van der Waals surface area contributed by atoms with E-state index in [1.54, 1.807) is 12.1 Å². The first kappa shape index (κ1) is 13.5. The fraction of sp³-hybridized carbons (Fsp3) is 0.462. The third-order valence-corrected chi connectivity index (χ3v) is 3.75. The molecule has 2 rings (SSSR count). The van der Waals surface area contributed by atoms with Crippen molar-refractivity contribution in [1.82, 2.24) is 4.90 Å². The third kappa shape index (κ3) is 3.09. The van der Waals surface area contributed by atoms with Crippen LogP contribution in [0.3, 0.4) is 0 Å². The zero-order chi connectivity index (χ0) is 13.1. The fourth-order valence-electron chi connectivity index (χ4n) is 2.12. The van der Waals surface area contributed by atoms with Crippen LogP contribution in [0.1, 0.15) is 19.8 Å². The summed E-state index contributed by atoms with van der Waals surface area (Å²) in [6.07, 6.45) is 2.26. The molecule has 1 fully saturated rings. The molecule has 1 amide bonds. The fourth-order valence-corrected chi connectivity index (χ4v) is 2.46.